The van der Waals surface area contributed by atoms with E-state index in [1.807, 2.05) is 18.2 Å². The van der Waals surface area contributed by atoms with Gasteiger partial charge in [-0.05, 0) is 41.3 Å². The first-order valence-electron chi connectivity index (χ1n) is 7.66. The summed E-state index contributed by atoms with van der Waals surface area (Å²) in [5, 5.41) is 3.20. The van der Waals surface area contributed by atoms with Crippen molar-refractivity contribution in [2.45, 2.75) is 37.6 Å². The van der Waals surface area contributed by atoms with E-state index in [0.717, 1.165) is 30.3 Å². The molecule has 0 spiro atoms. The van der Waals surface area contributed by atoms with Crippen molar-refractivity contribution in [3.05, 3.63) is 64.2 Å². The van der Waals surface area contributed by atoms with E-state index in [2.05, 4.69) is 10.0 Å². The third kappa shape index (κ3) is 3.86. The second-order valence-corrected chi connectivity index (χ2v) is 7.74. The van der Waals surface area contributed by atoms with Crippen LogP contribution >= 0.6 is 0 Å². The third-order valence-electron chi connectivity index (χ3n) is 4.17. The van der Waals surface area contributed by atoms with Gasteiger partial charge in [-0.1, -0.05) is 24.3 Å². The van der Waals surface area contributed by atoms with E-state index in [0.29, 0.717) is 6.07 Å². The van der Waals surface area contributed by atoms with E-state index < -0.39 is 21.8 Å². The van der Waals surface area contributed by atoms with E-state index in [1.165, 1.54) is 18.6 Å². The zero-order valence-electron chi connectivity index (χ0n) is 13.4. The van der Waals surface area contributed by atoms with Crippen LogP contribution in [0, 0.1) is 6.92 Å². The van der Waals surface area contributed by atoms with Crippen LogP contribution in [0.1, 0.15) is 27.8 Å². The zero-order chi connectivity index (χ0) is 18.2. The highest BCUT2D eigenvalue weighted by Crippen LogP contribution is 2.31. The van der Waals surface area contributed by atoms with Crippen molar-refractivity contribution in [1.29, 1.82) is 0 Å². The fourth-order valence-corrected chi connectivity index (χ4v) is 4.07. The maximum atomic E-state index is 12.8. The van der Waals surface area contributed by atoms with Gasteiger partial charge in [0.25, 0.3) is 0 Å². The molecule has 25 heavy (non-hydrogen) atoms. The first-order valence-corrected chi connectivity index (χ1v) is 9.14. The summed E-state index contributed by atoms with van der Waals surface area (Å²) in [5.74, 6) is 0. The van der Waals surface area contributed by atoms with Crippen molar-refractivity contribution >= 4 is 10.0 Å². The first kappa shape index (κ1) is 17.9. The topological polar surface area (TPSA) is 58.2 Å². The van der Waals surface area contributed by atoms with Gasteiger partial charge in [-0.15, -0.1) is 0 Å². The van der Waals surface area contributed by atoms with E-state index in [9.17, 15) is 21.6 Å². The lowest BCUT2D eigenvalue weighted by atomic mass is 10.1. The zero-order valence-corrected chi connectivity index (χ0v) is 14.3. The molecule has 0 fully saturated rings. The van der Waals surface area contributed by atoms with Crippen LogP contribution in [-0.4, -0.2) is 8.42 Å². The number of fused-ring (bicyclic) bond motifs is 1. The Balaban J connectivity index is 1.82. The van der Waals surface area contributed by atoms with Gasteiger partial charge >= 0.3 is 6.18 Å². The fraction of sp³-hybridized carbons (Fsp3) is 0.294. The van der Waals surface area contributed by atoms with Crippen molar-refractivity contribution in [1.82, 2.24) is 10.0 Å². The molecule has 0 aromatic heterocycles. The SMILES string of the molecule is Cc1ccc(C(F)(F)F)cc1S(=O)(=O)NCc1ccc2c(c1)CNC2. The Morgan fingerprint density at radius 1 is 1.08 bits per heavy atom. The minimum Gasteiger partial charge on any atom is -0.309 e. The molecule has 0 bridgehead atoms. The van der Waals surface area contributed by atoms with Crippen LogP contribution in [0.25, 0.3) is 0 Å². The molecule has 2 aromatic carbocycles. The van der Waals surface area contributed by atoms with Gasteiger partial charge in [0.1, 0.15) is 0 Å². The smallest absolute Gasteiger partial charge is 0.309 e. The van der Waals surface area contributed by atoms with Crippen molar-refractivity contribution in [3.8, 4) is 0 Å². The average Bonchev–Trinajstić information content (AvgIpc) is 2.99. The number of alkyl halides is 3. The van der Waals surface area contributed by atoms with E-state index in [-0.39, 0.29) is 17.0 Å². The summed E-state index contributed by atoms with van der Waals surface area (Å²) in [5.41, 5.74) is 2.31. The van der Waals surface area contributed by atoms with E-state index in [1.54, 1.807) is 0 Å². The van der Waals surface area contributed by atoms with Gasteiger partial charge in [0.15, 0.2) is 0 Å². The summed E-state index contributed by atoms with van der Waals surface area (Å²) in [4.78, 5) is -0.356. The normalized spacial score (nSPS) is 14.6. The molecule has 1 aliphatic rings. The van der Waals surface area contributed by atoms with Gasteiger partial charge in [0.2, 0.25) is 10.0 Å². The van der Waals surface area contributed by atoms with Gasteiger partial charge in [-0.3, -0.25) is 0 Å². The molecule has 8 heteroatoms. The van der Waals surface area contributed by atoms with Crippen LogP contribution in [0.5, 0.6) is 0 Å². The molecule has 3 rings (SSSR count). The van der Waals surface area contributed by atoms with Crippen LogP contribution in [0.2, 0.25) is 0 Å². The highest BCUT2D eigenvalue weighted by atomic mass is 32.2. The Bertz CT molecular complexity index is 909. The Hall–Kier alpha value is -1.90. The standard InChI is InChI=1S/C17H17F3N2O2S/c1-11-2-5-15(17(18,19)20)7-16(11)25(23,24)22-8-12-3-4-13-9-21-10-14(13)6-12/h2-7,21-22H,8-10H2,1H3. The number of halogens is 3. The summed E-state index contributed by atoms with van der Waals surface area (Å²) < 4.78 is 65.8. The summed E-state index contributed by atoms with van der Waals surface area (Å²) in [6, 6.07) is 8.35. The average molecular weight is 370 g/mol. The first-order chi connectivity index (χ1) is 11.7. The lowest BCUT2D eigenvalue weighted by Gasteiger charge is -2.13. The predicted molar refractivity (Wildman–Crippen MR) is 87.2 cm³/mol. The fourth-order valence-electron chi connectivity index (χ4n) is 2.78. The van der Waals surface area contributed by atoms with E-state index in [4.69, 9.17) is 0 Å². The molecule has 0 saturated heterocycles. The summed E-state index contributed by atoms with van der Waals surface area (Å²) in [6.45, 7) is 2.99. The third-order valence-corrected chi connectivity index (χ3v) is 5.72. The second-order valence-electron chi connectivity index (χ2n) is 6.01. The van der Waals surface area contributed by atoms with Gasteiger partial charge in [-0.25, -0.2) is 13.1 Å². The quantitative estimate of drug-likeness (QED) is 0.870. The van der Waals surface area contributed by atoms with Crippen molar-refractivity contribution in [2.75, 3.05) is 0 Å². The van der Waals surface area contributed by atoms with Gasteiger partial charge < -0.3 is 5.32 Å². The van der Waals surface area contributed by atoms with Crippen LogP contribution in [0.4, 0.5) is 13.2 Å². The second kappa shape index (κ2) is 6.44. The number of benzene rings is 2. The summed E-state index contributed by atoms with van der Waals surface area (Å²) in [6.07, 6.45) is -4.59. The molecule has 134 valence electrons. The molecule has 0 amide bonds. The number of nitrogens with one attached hydrogen (secondary N) is 2. The van der Waals surface area contributed by atoms with Crippen molar-refractivity contribution in [2.24, 2.45) is 0 Å². The number of sulfonamides is 1. The molecule has 1 heterocycles. The minimum atomic E-state index is -4.59. The Morgan fingerprint density at radius 3 is 2.52 bits per heavy atom. The van der Waals surface area contributed by atoms with Crippen LogP contribution in [-0.2, 0) is 35.8 Å². The Kier molecular flexibility index (Phi) is 4.61. The van der Waals surface area contributed by atoms with Crippen molar-refractivity contribution in [3.63, 3.8) is 0 Å². The van der Waals surface area contributed by atoms with Crippen molar-refractivity contribution < 1.29 is 21.6 Å². The molecule has 0 unspecified atom stereocenters. The highest BCUT2D eigenvalue weighted by molar-refractivity contribution is 7.89. The molecule has 2 N–H and O–H groups in total. The largest absolute Gasteiger partial charge is 0.416 e. The maximum Gasteiger partial charge on any atom is 0.416 e. The molecule has 0 radical (unpaired) electrons. The molecule has 0 aliphatic carbocycles. The Morgan fingerprint density at radius 2 is 1.80 bits per heavy atom. The number of aryl methyl sites for hydroxylation is 1. The van der Waals surface area contributed by atoms with Gasteiger partial charge in [-0.2, -0.15) is 13.2 Å². The van der Waals surface area contributed by atoms with E-state index >= 15 is 0 Å². The van der Waals surface area contributed by atoms with Gasteiger partial charge in [0.05, 0.1) is 10.5 Å². The molecule has 1 aliphatic heterocycles. The number of hydrogen-bond donors (Lipinski definition) is 2. The monoisotopic (exact) mass is 370 g/mol. The van der Waals surface area contributed by atoms with Crippen LogP contribution < -0.4 is 10.0 Å². The van der Waals surface area contributed by atoms with Crippen LogP contribution in [0.3, 0.4) is 0 Å². The molecule has 4 nitrogen and oxygen atoms in total. The lowest BCUT2D eigenvalue weighted by molar-refractivity contribution is -0.137. The Labute approximate surface area is 144 Å². The minimum absolute atomic E-state index is 0.0191. The molecular weight excluding hydrogens is 353 g/mol. The summed E-state index contributed by atoms with van der Waals surface area (Å²) in [7, 11) is -4.05. The molecule has 0 atom stereocenters. The molecular formula is C17H17F3N2O2S. The maximum absolute atomic E-state index is 12.8. The highest BCUT2D eigenvalue weighted by Gasteiger charge is 2.32. The molecule has 2 aromatic rings. The van der Waals surface area contributed by atoms with Crippen LogP contribution in [0.15, 0.2) is 41.3 Å². The summed E-state index contributed by atoms with van der Waals surface area (Å²) >= 11 is 0. The molecule has 0 saturated carbocycles. The number of hydrogen-bond acceptors (Lipinski definition) is 3. The van der Waals surface area contributed by atoms with Gasteiger partial charge in [0, 0.05) is 19.6 Å². The number of rotatable bonds is 4. The lowest BCUT2D eigenvalue weighted by Crippen LogP contribution is -2.24. The predicted octanol–water partition coefficient (Wildman–Crippen LogP) is 3.10.